The topological polar surface area (TPSA) is 47.6 Å². The van der Waals surface area contributed by atoms with Crippen molar-refractivity contribution in [3.63, 3.8) is 0 Å². The summed E-state index contributed by atoms with van der Waals surface area (Å²) < 4.78 is 24.2. The van der Waals surface area contributed by atoms with Crippen LogP contribution in [0.1, 0.15) is 5.56 Å². The highest BCUT2D eigenvalue weighted by Crippen LogP contribution is 2.19. The molecule has 26 heavy (non-hydrogen) atoms. The Kier molecular flexibility index (Phi) is 5.83. The molecule has 0 unspecified atom stereocenters. The number of nitrogens with one attached hydrogen (secondary N) is 1. The number of rotatable bonds is 7. The van der Waals surface area contributed by atoms with E-state index in [4.69, 9.17) is 9.47 Å². The first-order chi connectivity index (χ1) is 12.7. The van der Waals surface area contributed by atoms with Gasteiger partial charge in [-0.1, -0.05) is 36.4 Å². The SMILES string of the molecule is O=C(COc1ccc(OCc2ccccc2)cc1)Nc1cccc(F)c1. The van der Waals surface area contributed by atoms with Crippen LogP contribution in [-0.2, 0) is 11.4 Å². The molecule has 5 heteroatoms. The Bertz CT molecular complexity index is 851. The van der Waals surface area contributed by atoms with Crippen LogP contribution in [0.4, 0.5) is 10.1 Å². The Labute approximate surface area is 151 Å². The molecule has 0 aromatic heterocycles. The molecule has 1 amide bonds. The van der Waals surface area contributed by atoms with Gasteiger partial charge in [0, 0.05) is 5.69 Å². The zero-order valence-electron chi connectivity index (χ0n) is 14.0. The number of hydrogen-bond donors (Lipinski definition) is 1. The molecule has 0 saturated heterocycles. The lowest BCUT2D eigenvalue weighted by Crippen LogP contribution is -2.20. The maximum Gasteiger partial charge on any atom is 0.262 e. The van der Waals surface area contributed by atoms with Crippen molar-refractivity contribution in [2.45, 2.75) is 6.61 Å². The standard InChI is InChI=1S/C21H18FNO3/c22-17-7-4-8-18(13-17)23-21(24)15-26-20-11-9-19(10-12-20)25-14-16-5-2-1-3-6-16/h1-13H,14-15H2,(H,23,24). The molecular formula is C21H18FNO3. The van der Waals surface area contributed by atoms with E-state index in [0.717, 1.165) is 5.56 Å². The minimum atomic E-state index is -0.408. The lowest BCUT2D eigenvalue weighted by Gasteiger charge is -2.09. The zero-order chi connectivity index (χ0) is 18.2. The molecule has 0 aliphatic heterocycles. The number of benzene rings is 3. The molecule has 0 radical (unpaired) electrons. The van der Waals surface area contributed by atoms with E-state index in [1.165, 1.54) is 18.2 Å². The van der Waals surface area contributed by atoms with Gasteiger partial charge in [-0.2, -0.15) is 0 Å². The molecule has 0 bridgehead atoms. The number of carbonyl (C=O) groups is 1. The van der Waals surface area contributed by atoms with Gasteiger partial charge < -0.3 is 14.8 Å². The predicted octanol–water partition coefficient (Wildman–Crippen LogP) is 4.42. The molecule has 3 aromatic carbocycles. The van der Waals surface area contributed by atoms with E-state index in [9.17, 15) is 9.18 Å². The summed E-state index contributed by atoms with van der Waals surface area (Å²) in [5, 5.41) is 2.57. The number of amides is 1. The average molecular weight is 351 g/mol. The van der Waals surface area contributed by atoms with Crippen molar-refractivity contribution >= 4 is 11.6 Å². The summed E-state index contributed by atoms with van der Waals surface area (Å²) >= 11 is 0. The largest absolute Gasteiger partial charge is 0.489 e. The fraction of sp³-hybridized carbons (Fsp3) is 0.0952. The first-order valence-electron chi connectivity index (χ1n) is 8.14. The van der Waals surface area contributed by atoms with Crippen LogP contribution < -0.4 is 14.8 Å². The Morgan fingerprint density at radius 3 is 2.23 bits per heavy atom. The first kappa shape index (κ1) is 17.5. The van der Waals surface area contributed by atoms with Crippen LogP contribution in [-0.4, -0.2) is 12.5 Å². The number of carbonyl (C=O) groups excluding carboxylic acids is 1. The molecular weight excluding hydrogens is 333 g/mol. The van der Waals surface area contributed by atoms with E-state index < -0.39 is 5.82 Å². The van der Waals surface area contributed by atoms with E-state index in [-0.39, 0.29) is 12.5 Å². The van der Waals surface area contributed by atoms with Crippen LogP contribution >= 0.6 is 0 Å². The van der Waals surface area contributed by atoms with E-state index >= 15 is 0 Å². The van der Waals surface area contributed by atoms with Crippen LogP contribution in [0, 0.1) is 5.82 Å². The van der Waals surface area contributed by atoms with Crippen molar-refractivity contribution in [2.24, 2.45) is 0 Å². The number of halogens is 1. The molecule has 132 valence electrons. The molecule has 0 aliphatic rings. The molecule has 4 nitrogen and oxygen atoms in total. The van der Waals surface area contributed by atoms with Gasteiger partial charge in [0.2, 0.25) is 0 Å². The van der Waals surface area contributed by atoms with Crippen LogP contribution in [0.3, 0.4) is 0 Å². The molecule has 0 spiro atoms. The quantitative estimate of drug-likeness (QED) is 0.685. The second-order valence-electron chi connectivity index (χ2n) is 5.59. The van der Waals surface area contributed by atoms with Gasteiger partial charge in [-0.05, 0) is 48.0 Å². The zero-order valence-corrected chi connectivity index (χ0v) is 14.0. The van der Waals surface area contributed by atoms with Gasteiger partial charge >= 0.3 is 0 Å². The fourth-order valence-corrected chi connectivity index (χ4v) is 2.29. The van der Waals surface area contributed by atoms with Gasteiger partial charge in [0.15, 0.2) is 6.61 Å². The highest BCUT2D eigenvalue weighted by molar-refractivity contribution is 5.91. The average Bonchev–Trinajstić information content (AvgIpc) is 2.66. The number of ether oxygens (including phenoxy) is 2. The third-order valence-electron chi connectivity index (χ3n) is 3.55. The summed E-state index contributed by atoms with van der Waals surface area (Å²) in [6, 6.07) is 22.6. The third-order valence-corrected chi connectivity index (χ3v) is 3.55. The lowest BCUT2D eigenvalue weighted by molar-refractivity contribution is -0.118. The molecule has 0 fully saturated rings. The van der Waals surface area contributed by atoms with E-state index in [1.807, 2.05) is 30.3 Å². The summed E-state index contributed by atoms with van der Waals surface area (Å²) in [6.45, 7) is 0.317. The number of hydrogen-bond acceptors (Lipinski definition) is 3. The van der Waals surface area contributed by atoms with Crippen molar-refractivity contribution in [2.75, 3.05) is 11.9 Å². The molecule has 1 N–H and O–H groups in total. The highest BCUT2D eigenvalue weighted by Gasteiger charge is 2.05. The van der Waals surface area contributed by atoms with Gasteiger partial charge in [-0.3, -0.25) is 4.79 Å². The molecule has 0 aliphatic carbocycles. The fourth-order valence-electron chi connectivity index (χ4n) is 2.29. The molecule has 0 heterocycles. The molecule has 3 rings (SSSR count). The van der Waals surface area contributed by atoms with Crippen molar-refractivity contribution < 1.29 is 18.7 Å². The van der Waals surface area contributed by atoms with Crippen molar-refractivity contribution in [3.05, 3.63) is 90.2 Å². The van der Waals surface area contributed by atoms with E-state index in [0.29, 0.717) is 23.8 Å². The van der Waals surface area contributed by atoms with Crippen molar-refractivity contribution in [3.8, 4) is 11.5 Å². The van der Waals surface area contributed by atoms with Gasteiger partial charge in [0.1, 0.15) is 23.9 Å². The van der Waals surface area contributed by atoms with Crippen LogP contribution in [0.15, 0.2) is 78.9 Å². The minimum absolute atomic E-state index is 0.166. The summed E-state index contributed by atoms with van der Waals surface area (Å²) in [6.07, 6.45) is 0. The second kappa shape index (κ2) is 8.67. The second-order valence-corrected chi connectivity index (χ2v) is 5.59. The summed E-state index contributed by atoms with van der Waals surface area (Å²) in [5.41, 5.74) is 1.48. The van der Waals surface area contributed by atoms with Crippen molar-refractivity contribution in [1.29, 1.82) is 0 Å². The summed E-state index contributed by atoms with van der Waals surface area (Å²) in [4.78, 5) is 11.8. The Morgan fingerprint density at radius 2 is 1.54 bits per heavy atom. The summed E-state index contributed by atoms with van der Waals surface area (Å²) in [5.74, 6) is 0.492. The minimum Gasteiger partial charge on any atom is -0.489 e. The Morgan fingerprint density at radius 1 is 0.846 bits per heavy atom. The Hall–Kier alpha value is -3.34. The molecule has 3 aromatic rings. The third kappa shape index (κ3) is 5.34. The molecule has 0 saturated carbocycles. The van der Waals surface area contributed by atoms with Gasteiger partial charge in [0.05, 0.1) is 0 Å². The van der Waals surface area contributed by atoms with Gasteiger partial charge in [0.25, 0.3) is 5.91 Å². The van der Waals surface area contributed by atoms with Crippen LogP contribution in [0.25, 0.3) is 0 Å². The number of anilines is 1. The normalized spacial score (nSPS) is 10.2. The maximum absolute atomic E-state index is 13.1. The lowest BCUT2D eigenvalue weighted by atomic mass is 10.2. The highest BCUT2D eigenvalue weighted by atomic mass is 19.1. The molecule has 0 atom stereocenters. The predicted molar refractivity (Wildman–Crippen MR) is 97.7 cm³/mol. The van der Waals surface area contributed by atoms with Crippen LogP contribution in [0.5, 0.6) is 11.5 Å². The van der Waals surface area contributed by atoms with E-state index in [2.05, 4.69) is 5.32 Å². The monoisotopic (exact) mass is 351 g/mol. The van der Waals surface area contributed by atoms with Crippen LogP contribution in [0.2, 0.25) is 0 Å². The maximum atomic E-state index is 13.1. The van der Waals surface area contributed by atoms with Crippen molar-refractivity contribution in [1.82, 2.24) is 0 Å². The van der Waals surface area contributed by atoms with E-state index in [1.54, 1.807) is 30.3 Å². The Balaban J connectivity index is 1.46. The van der Waals surface area contributed by atoms with Gasteiger partial charge in [-0.25, -0.2) is 4.39 Å². The first-order valence-corrected chi connectivity index (χ1v) is 8.14. The van der Waals surface area contributed by atoms with Gasteiger partial charge in [-0.15, -0.1) is 0 Å². The smallest absolute Gasteiger partial charge is 0.262 e. The summed E-state index contributed by atoms with van der Waals surface area (Å²) in [7, 11) is 0.